The number of Topliss-reactive ketones (excluding diaryl/α,β-unsaturated/α-hetero) is 1. The average molecular weight is 167 g/mol. The molecule has 2 heteroatoms. The molecule has 3 aliphatic heterocycles. The average Bonchev–Trinajstić information content (AvgIpc) is 2.04. The predicted octanol–water partition coefficient (Wildman–Crippen LogP) is 1.31. The molecule has 0 N–H and O–H groups in total. The zero-order valence-corrected chi connectivity index (χ0v) is 7.92. The largest absolute Gasteiger partial charge is 0.298 e. The molecule has 3 unspecified atom stereocenters. The molecule has 0 amide bonds. The van der Waals surface area contributed by atoms with Gasteiger partial charge in [0.1, 0.15) is 5.78 Å². The molecular weight excluding hydrogens is 150 g/mol. The topological polar surface area (TPSA) is 20.3 Å². The van der Waals surface area contributed by atoms with Crippen LogP contribution in [0.1, 0.15) is 26.7 Å². The molecule has 0 aromatic rings. The Labute approximate surface area is 73.9 Å². The fourth-order valence-electron chi connectivity index (χ4n) is 2.56. The lowest BCUT2D eigenvalue weighted by atomic mass is 9.79. The van der Waals surface area contributed by atoms with Crippen molar-refractivity contribution in [1.82, 2.24) is 4.90 Å². The molecule has 0 aromatic carbocycles. The van der Waals surface area contributed by atoms with Crippen LogP contribution in [0.15, 0.2) is 0 Å². The van der Waals surface area contributed by atoms with Gasteiger partial charge in [-0.3, -0.25) is 9.69 Å². The highest BCUT2D eigenvalue weighted by molar-refractivity contribution is 5.84. The molecule has 0 aliphatic carbocycles. The molecule has 0 spiro atoms. The first-order valence-corrected chi connectivity index (χ1v) is 4.95. The Morgan fingerprint density at radius 2 is 2.25 bits per heavy atom. The van der Waals surface area contributed by atoms with Gasteiger partial charge in [0, 0.05) is 12.0 Å². The van der Waals surface area contributed by atoms with E-state index in [1.165, 1.54) is 0 Å². The number of rotatable bonds is 1. The lowest BCUT2D eigenvalue weighted by molar-refractivity contribution is -0.134. The van der Waals surface area contributed by atoms with Crippen LogP contribution >= 0.6 is 0 Å². The maximum absolute atomic E-state index is 11.4. The molecule has 3 atom stereocenters. The number of fused-ring (bicyclic) bond motifs is 3. The van der Waals surface area contributed by atoms with E-state index >= 15 is 0 Å². The molecule has 68 valence electrons. The van der Waals surface area contributed by atoms with Gasteiger partial charge in [0.05, 0.1) is 6.54 Å². The van der Waals surface area contributed by atoms with Gasteiger partial charge in [-0.25, -0.2) is 0 Å². The van der Waals surface area contributed by atoms with Crippen LogP contribution in [0, 0.1) is 11.8 Å². The van der Waals surface area contributed by atoms with Crippen LogP contribution in [-0.2, 0) is 4.79 Å². The van der Waals surface area contributed by atoms with Crippen molar-refractivity contribution >= 4 is 5.78 Å². The van der Waals surface area contributed by atoms with E-state index in [2.05, 4.69) is 18.7 Å². The quantitative estimate of drug-likeness (QED) is 0.587. The second-order valence-corrected chi connectivity index (χ2v) is 4.47. The van der Waals surface area contributed by atoms with Crippen LogP contribution in [0.4, 0.5) is 0 Å². The monoisotopic (exact) mass is 167 g/mol. The van der Waals surface area contributed by atoms with E-state index in [1.54, 1.807) is 0 Å². The van der Waals surface area contributed by atoms with Gasteiger partial charge in [-0.2, -0.15) is 0 Å². The highest BCUT2D eigenvalue weighted by Gasteiger charge is 2.39. The van der Waals surface area contributed by atoms with Crippen LogP contribution in [0.25, 0.3) is 0 Å². The van der Waals surface area contributed by atoms with E-state index in [4.69, 9.17) is 0 Å². The Morgan fingerprint density at radius 3 is 2.67 bits per heavy atom. The minimum atomic E-state index is 0.405. The smallest absolute Gasteiger partial charge is 0.150 e. The molecule has 2 nitrogen and oxygen atoms in total. The summed E-state index contributed by atoms with van der Waals surface area (Å²) < 4.78 is 0. The number of piperidine rings is 3. The van der Waals surface area contributed by atoms with Crippen molar-refractivity contribution in [3.63, 3.8) is 0 Å². The minimum Gasteiger partial charge on any atom is -0.298 e. The number of ketones is 1. The maximum atomic E-state index is 11.4. The maximum Gasteiger partial charge on any atom is 0.150 e. The lowest BCUT2D eigenvalue weighted by Crippen LogP contribution is -2.55. The standard InChI is InChI=1S/C10H17NO/c1-7(2)9-5-8-3-4-11(9)6-10(8)12/h7-9H,3-6H2,1-2H3. The molecule has 12 heavy (non-hydrogen) atoms. The van der Waals surface area contributed by atoms with Crippen molar-refractivity contribution < 1.29 is 4.79 Å². The number of hydrogen-bond donors (Lipinski definition) is 0. The van der Waals surface area contributed by atoms with E-state index in [0.29, 0.717) is 23.7 Å². The normalized spacial score (nSPS) is 40.9. The minimum absolute atomic E-state index is 0.405. The van der Waals surface area contributed by atoms with E-state index in [1.807, 2.05) is 0 Å². The van der Waals surface area contributed by atoms with Gasteiger partial charge in [0.2, 0.25) is 0 Å². The Balaban J connectivity index is 2.10. The van der Waals surface area contributed by atoms with Gasteiger partial charge >= 0.3 is 0 Å². The molecule has 2 bridgehead atoms. The zero-order valence-electron chi connectivity index (χ0n) is 7.92. The van der Waals surface area contributed by atoms with E-state index in [9.17, 15) is 4.79 Å². The Morgan fingerprint density at radius 1 is 1.50 bits per heavy atom. The van der Waals surface area contributed by atoms with E-state index in [-0.39, 0.29) is 0 Å². The Hall–Kier alpha value is -0.370. The van der Waals surface area contributed by atoms with Gasteiger partial charge < -0.3 is 0 Å². The molecule has 3 heterocycles. The predicted molar refractivity (Wildman–Crippen MR) is 47.9 cm³/mol. The molecule has 3 saturated heterocycles. The molecular formula is C10H17NO. The van der Waals surface area contributed by atoms with E-state index < -0.39 is 0 Å². The first kappa shape index (κ1) is 8.24. The third kappa shape index (κ3) is 1.18. The highest BCUT2D eigenvalue weighted by atomic mass is 16.1. The summed E-state index contributed by atoms with van der Waals surface area (Å²) in [6, 6.07) is 0.682. The van der Waals surface area contributed by atoms with Gasteiger partial charge in [-0.05, 0) is 25.3 Å². The second-order valence-electron chi connectivity index (χ2n) is 4.47. The molecule has 3 aliphatic rings. The first-order valence-electron chi connectivity index (χ1n) is 4.95. The Bertz CT molecular complexity index is 200. The fraction of sp³-hybridized carbons (Fsp3) is 0.900. The van der Waals surface area contributed by atoms with E-state index in [0.717, 1.165) is 25.9 Å². The molecule has 3 rings (SSSR count). The van der Waals surface area contributed by atoms with Crippen molar-refractivity contribution in [2.24, 2.45) is 11.8 Å². The summed E-state index contributed by atoms with van der Waals surface area (Å²) >= 11 is 0. The summed E-state index contributed by atoms with van der Waals surface area (Å²) in [4.78, 5) is 13.8. The summed E-state index contributed by atoms with van der Waals surface area (Å²) in [5.41, 5.74) is 0. The van der Waals surface area contributed by atoms with Gasteiger partial charge in [-0.15, -0.1) is 0 Å². The summed E-state index contributed by atoms with van der Waals surface area (Å²) in [5.74, 6) is 1.60. The van der Waals surface area contributed by atoms with Gasteiger partial charge in [-0.1, -0.05) is 13.8 Å². The fourth-order valence-corrected chi connectivity index (χ4v) is 2.56. The van der Waals surface area contributed by atoms with Gasteiger partial charge in [0.15, 0.2) is 0 Å². The van der Waals surface area contributed by atoms with Crippen molar-refractivity contribution in [1.29, 1.82) is 0 Å². The van der Waals surface area contributed by atoms with Crippen LogP contribution in [0.2, 0.25) is 0 Å². The number of carbonyl (C=O) groups excluding carboxylic acids is 1. The third-order valence-electron chi connectivity index (χ3n) is 3.34. The number of hydrogen-bond acceptors (Lipinski definition) is 2. The zero-order chi connectivity index (χ0) is 8.72. The third-order valence-corrected chi connectivity index (χ3v) is 3.34. The van der Waals surface area contributed by atoms with Crippen LogP contribution in [0.3, 0.4) is 0 Å². The summed E-state index contributed by atoms with van der Waals surface area (Å²) in [6.45, 7) is 6.40. The highest BCUT2D eigenvalue weighted by Crippen LogP contribution is 2.32. The summed E-state index contributed by atoms with van der Waals surface area (Å²) in [6.07, 6.45) is 2.23. The van der Waals surface area contributed by atoms with Crippen molar-refractivity contribution in [2.75, 3.05) is 13.1 Å². The molecule has 0 radical (unpaired) electrons. The molecule has 0 saturated carbocycles. The van der Waals surface area contributed by atoms with Crippen LogP contribution in [-0.4, -0.2) is 29.8 Å². The Kier molecular flexibility index (Phi) is 1.95. The summed E-state index contributed by atoms with van der Waals surface area (Å²) in [5, 5.41) is 0. The van der Waals surface area contributed by atoms with Crippen molar-refractivity contribution in [3.05, 3.63) is 0 Å². The second kappa shape index (κ2) is 2.84. The van der Waals surface area contributed by atoms with Crippen molar-refractivity contribution in [3.8, 4) is 0 Å². The van der Waals surface area contributed by atoms with Crippen LogP contribution in [0.5, 0.6) is 0 Å². The SMILES string of the molecule is CC(C)C1CC2CCN1CC2=O. The summed E-state index contributed by atoms with van der Waals surface area (Å²) in [7, 11) is 0. The van der Waals surface area contributed by atoms with Crippen LogP contribution < -0.4 is 0 Å². The van der Waals surface area contributed by atoms with Crippen molar-refractivity contribution in [2.45, 2.75) is 32.7 Å². The number of nitrogens with zero attached hydrogens (tertiary/aromatic N) is 1. The molecule has 0 aromatic heterocycles. The van der Waals surface area contributed by atoms with Gasteiger partial charge in [0.25, 0.3) is 0 Å². The first-order chi connectivity index (χ1) is 5.68. The number of carbonyl (C=O) groups is 1. The molecule has 3 fully saturated rings. The lowest BCUT2D eigenvalue weighted by Gasteiger charge is -2.46.